The van der Waals surface area contributed by atoms with Gasteiger partial charge in [0, 0.05) is 39.4 Å². The SMILES string of the molecule is COCCCN(Cc1ccc(C)cc1)C(=O)NC[C@@H]1CCCCN1C. The molecule has 0 radical (unpaired) electrons. The van der Waals surface area contributed by atoms with Crippen LogP contribution in [0.5, 0.6) is 0 Å². The quantitative estimate of drug-likeness (QED) is 0.735. The number of piperidine rings is 1. The monoisotopic (exact) mass is 347 g/mol. The molecule has 1 atom stereocenters. The van der Waals surface area contributed by atoms with Crippen LogP contribution in [0.2, 0.25) is 0 Å². The topological polar surface area (TPSA) is 44.8 Å². The first kappa shape index (κ1) is 19.7. The van der Waals surface area contributed by atoms with Crippen molar-refractivity contribution in [2.75, 3.05) is 40.4 Å². The van der Waals surface area contributed by atoms with E-state index >= 15 is 0 Å². The molecule has 1 aromatic carbocycles. The number of rotatable bonds is 8. The van der Waals surface area contributed by atoms with Gasteiger partial charge in [-0.1, -0.05) is 36.2 Å². The van der Waals surface area contributed by atoms with Gasteiger partial charge >= 0.3 is 6.03 Å². The van der Waals surface area contributed by atoms with Gasteiger partial charge in [-0.2, -0.15) is 0 Å². The van der Waals surface area contributed by atoms with Crippen molar-refractivity contribution in [3.05, 3.63) is 35.4 Å². The smallest absolute Gasteiger partial charge is 0.317 e. The minimum Gasteiger partial charge on any atom is -0.385 e. The predicted octanol–water partition coefficient (Wildman–Crippen LogP) is 3.03. The summed E-state index contributed by atoms with van der Waals surface area (Å²) in [5, 5.41) is 3.15. The van der Waals surface area contributed by atoms with Gasteiger partial charge in [-0.15, -0.1) is 0 Å². The fourth-order valence-corrected chi connectivity index (χ4v) is 3.28. The van der Waals surface area contributed by atoms with Crippen molar-refractivity contribution in [2.24, 2.45) is 0 Å². The largest absolute Gasteiger partial charge is 0.385 e. The van der Waals surface area contributed by atoms with E-state index in [1.54, 1.807) is 7.11 Å². The van der Waals surface area contributed by atoms with Gasteiger partial charge < -0.3 is 19.9 Å². The van der Waals surface area contributed by atoms with Gasteiger partial charge in [0.2, 0.25) is 0 Å². The fourth-order valence-electron chi connectivity index (χ4n) is 3.28. The molecule has 1 fully saturated rings. The van der Waals surface area contributed by atoms with Gasteiger partial charge in [0.15, 0.2) is 0 Å². The molecule has 1 aliphatic rings. The standard InChI is InChI=1S/C20H33N3O2/c1-17-8-10-18(11-9-17)16-23(13-6-14-25-3)20(24)21-15-19-7-4-5-12-22(19)2/h8-11,19H,4-7,12-16H2,1-3H3,(H,21,24)/t19-/m0/s1. The molecule has 2 amide bonds. The number of carbonyl (C=O) groups is 1. The van der Waals surface area contributed by atoms with Crippen LogP contribution in [0.3, 0.4) is 0 Å². The van der Waals surface area contributed by atoms with Crippen molar-refractivity contribution < 1.29 is 9.53 Å². The number of hydrogen-bond donors (Lipinski definition) is 1. The fraction of sp³-hybridized carbons (Fsp3) is 0.650. The van der Waals surface area contributed by atoms with Gasteiger partial charge in [0.05, 0.1) is 0 Å². The van der Waals surface area contributed by atoms with Crippen LogP contribution in [-0.2, 0) is 11.3 Å². The average Bonchev–Trinajstić information content (AvgIpc) is 2.62. The van der Waals surface area contributed by atoms with Crippen LogP contribution >= 0.6 is 0 Å². The molecule has 5 nitrogen and oxygen atoms in total. The van der Waals surface area contributed by atoms with E-state index in [-0.39, 0.29) is 6.03 Å². The first-order valence-electron chi connectivity index (χ1n) is 9.37. The number of ether oxygens (including phenoxy) is 1. The third-order valence-corrected chi connectivity index (χ3v) is 4.97. The molecule has 0 bridgehead atoms. The minimum atomic E-state index is 0.0238. The van der Waals surface area contributed by atoms with Gasteiger partial charge in [-0.25, -0.2) is 4.79 Å². The number of methoxy groups -OCH3 is 1. The summed E-state index contributed by atoms with van der Waals surface area (Å²) in [6, 6.07) is 8.87. The summed E-state index contributed by atoms with van der Waals surface area (Å²) in [5.41, 5.74) is 2.40. The Morgan fingerprint density at radius 1 is 1.32 bits per heavy atom. The Morgan fingerprint density at radius 2 is 2.08 bits per heavy atom. The molecule has 0 aromatic heterocycles. The van der Waals surface area contributed by atoms with E-state index in [4.69, 9.17) is 4.74 Å². The molecule has 2 rings (SSSR count). The molecule has 1 aromatic rings. The summed E-state index contributed by atoms with van der Waals surface area (Å²) in [4.78, 5) is 17.0. The second kappa shape index (κ2) is 10.4. The number of amides is 2. The highest BCUT2D eigenvalue weighted by Crippen LogP contribution is 2.14. The van der Waals surface area contributed by atoms with E-state index in [0.717, 1.165) is 25.1 Å². The van der Waals surface area contributed by atoms with Crippen molar-refractivity contribution in [1.29, 1.82) is 0 Å². The number of benzene rings is 1. The Kier molecular flexibility index (Phi) is 8.22. The van der Waals surface area contributed by atoms with Gasteiger partial charge in [0.25, 0.3) is 0 Å². The van der Waals surface area contributed by atoms with Crippen LogP contribution in [0.15, 0.2) is 24.3 Å². The second-order valence-corrected chi connectivity index (χ2v) is 7.07. The highest BCUT2D eigenvalue weighted by atomic mass is 16.5. The van der Waals surface area contributed by atoms with Crippen LogP contribution < -0.4 is 5.32 Å². The number of likely N-dealkylation sites (N-methyl/N-ethyl adjacent to an activating group) is 1. The summed E-state index contributed by atoms with van der Waals surface area (Å²) in [6.45, 7) is 5.94. The summed E-state index contributed by atoms with van der Waals surface area (Å²) < 4.78 is 5.14. The molecular weight excluding hydrogens is 314 g/mol. The van der Waals surface area contributed by atoms with Crippen LogP contribution in [0.25, 0.3) is 0 Å². The maximum atomic E-state index is 12.7. The second-order valence-electron chi connectivity index (χ2n) is 7.07. The van der Waals surface area contributed by atoms with E-state index in [2.05, 4.69) is 48.5 Å². The predicted molar refractivity (Wildman–Crippen MR) is 102 cm³/mol. The highest BCUT2D eigenvalue weighted by molar-refractivity contribution is 5.74. The summed E-state index contributed by atoms with van der Waals surface area (Å²) in [7, 11) is 3.85. The molecule has 140 valence electrons. The number of urea groups is 1. The lowest BCUT2D eigenvalue weighted by Crippen LogP contribution is -2.48. The Morgan fingerprint density at radius 3 is 2.76 bits per heavy atom. The number of aryl methyl sites for hydroxylation is 1. The highest BCUT2D eigenvalue weighted by Gasteiger charge is 2.21. The van der Waals surface area contributed by atoms with Crippen molar-refractivity contribution >= 4 is 6.03 Å². The molecule has 0 saturated carbocycles. The van der Waals surface area contributed by atoms with Crippen LogP contribution in [0.4, 0.5) is 4.79 Å². The summed E-state index contributed by atoms with van der Waals surface area (Å²) in [6.07, 6.45) is 4.53. The zero-order valence-corrected chi connectivity index (χ0v) is 16.0. The molecule has 5 heteroatoms. The van der Waals surface area contributed by atoms with Crippen LogP contribution in [-0.4, -0.2) is 62.3 Å². The molecule has 1 heterocycles. The Balaban J connectivity index is 1.90. The molecule has 0 aliphatic carbocycles. The zero-order chi connectivity index (χ0) is 18.1. The van der Waals surface area contributed by atoms with Gasteiger partial charge in [-0.05, 0) is 45.3 Å². The van der Waals surface area contributed by atoms with Gasteiger partial charge in [0.1, 0.15) is 0 Å². The first-order valence-corrected chi connectivity index (χ1v) is 9.37. The zero-order valence-electron chi connectivity index (χ0n) is 16.0. The van der Waals surface area contributed by atoms with Crippen molar-refractivity contribution in [3.8, 4) is 0 Å². The van der Waals surface area contributed by atoms with E-state index in [1.807, 2.05) is 4.90 Å². The lowest BCUT2D eigenvalue weighted by molar-refractivity contribution is 0.156. The third-order valence-electron chi connectivity index (χ3n) is 4.97. The molecule has 25 heavy (non-hydrogen) atoms. The number of likely N-dealkylation sites (tertiary alicyclic amines) is 1. The maximum Gasteiger partial charge on any atom is 0.317 e. The Bertz CT molecular complexity index is 518. The van der Waals surface area contributed by atoms with E-state index in [9.17, 15) is 4.79 Å². The normalized spacial score (nSPS) is 18.1. The lowest BCUT2D eigenvalue weighted by Gasteiger charge is -2.33. The van der Waals surface area contributed by atoms with Gasteiger partial charge in [-0.3, -0.25) is 0 Å². The lowest BCUT2D eigenvalue weighted by atomic mass is 10.0. The minimum absolute atomic E-state index is 0.0238. The maximum absolute atomic E-state index is 12.7. The number of nitrogens with one attached hydrogen (secondary N) is 1. The molecular formula is C20H33N3O2. The van der Waals surface area contributed by atoms with E-state index in [1.165, 1.54) is 24.8 Å². The number of carbonyl (C=O) groups excluding carboxylic acids is 1. The Labute approximate surface area is 152 Å². The molecule has 0 unspecified atom stereocenters. The first-order chi connectivity index (χ1) is 12.1. The van der Waals surface area contributed by atoms with E-state index in [0.29, 0.717) is 25.7 Å². The van der Waals surface area contributed by atoms with Crippen LogP contribution in [0, 0.1) is 6.92 Å². The molecule has 1 N–H and O–H groups in total. The molecule has 0 spiro atoms. The van der Waals surface area contributed by atoms with Crippen molar-refractivity contribution in [1.82, 2.24) is 15.1 Å². The average molecular weight is 348 g/mol. The Hall–Kier alpha value is -1.59. The third kappa shape index (κ3) is 6.67. The molecule has 1 aliphatic heterocycles. The van der Waals surface area contributed by atoms with Crippen molar-refractivity contribution in [3.63, 3.8) is 0 Å². The van der Waals surface area contributed by atoms with Crippen LogP contribution in [0.1, 0.15) is 36.8 Å². The summed E-state index contributed by atoms with van der Waals surface area (Å²) in [5.74, 6) is 0. The number of nitrogens with zero attached hydrogens (tertiary/aromatic N) is 2. The molecule has 1 saturated heterocycles. The summed E-state index contributed by atoms with van der Waals surface area (Å²) >= 11 is 0. The van der Waals surface area contributed by atoms with Crippen molar-refractivity contribution in [2.45, 2.75) is 45.2 Å². The van der Waals surface area contributed by atoms with E-state index < -0.39 is 0 Å². The number of hydrogen-bond acceptors (Lipinski definition) is 3.